The lowest BCUT2D eigenvalue weighted by Crippen LogP contribution is -2.28. The third-order valence-electron chi connectivity index (χ3n) is 1.69. The van der Waals surface area contributed by atoms with Crippen LogP contribution in [0.1, 0.15) is 16.8 Å². The highest BCUT2D eigenvalue weighted by atomic mass is 16.5. The van der Waals surface area contributed by atoms with Gasteiger partial charge in [0, 0.05) is 13.6 Å². The standard InChI is InChI=1S/C8H10N2O4/c1-10(3-2-7(11)12)8(13)6-4-9-14-5-6/h4-5H,2-3H2,1H3,(H,11,12). The van der Waals surface area contributed by atoms with E-state index in [1.54, 1.807) is 0 Å². The van der Waals surface area contributed by atoms with Crippen LogP contribution in [-0.2, 0) is 4.79 Å². The van der Waals surface area contributed by atoms with Crippen molar-refractivity contribution < 1.29 is 19.2 Å². The largest absolute Gasteiger partial charge is 0.481 e. The molecule has 1 heterocycles. The molecule has 0 saturated carbocycles. The summed E-state index contributed by atoms with van der Waals surface area (Å²) in [4.78, 5) is 23.0. The first-order valence-corrected chi connectivity index (χ1v) is 3.98. The highest BCUT2D eigenvalue weighted by molar-refractivity contribution is 5.93. The van der Waals surface area contributed by atoms with E-state index in [9.17, 15) is 9.59 Å². The van der Waals surface area contributed by atoms with Crippen molar-refractivity contribution in [1.29, 1.82) is 0 Å². The predicted molar refractivity (Wildman–Crippen MR) is 45.7 cm³/mol. The molecule has 0 aliphatic rings. The van der Waals surface area contributed by atoms with Gasteiger partial charge < -0.3 is 14.5 Å². The first kappa shape index (κ1) is 10.2. The van der Waals surface area contributed by atoms with Crippen molar-refractivity contribution in [3.8, 4) is 0 Å². The van der Waals surface area contributed by atoms with Gasteiger partial charge in [-0.05, 0) is 0 Å². The van der Waals surface area contributed by atoms with E-state index in [2.05, 4.69) is 9.68 Å². The summed E-state index contributed by atoms with van der Waals surface area (Å²) in [7, 11) is 1.53. The first-order valence-electron chi connectivity index (χ1n) is 3.98. The molecule has 0 saturated heterocycles. The normalized spacial score (nSPS) is 9.79. The number of amides is 1. The molecule has 76 valence electrons. The number of aromatic nitrogens is 1. The summed E-state index contributed by atoms with van der Waals surface area (Å²) in [5.74, 6) is -1.23. The number of carboxylic acid groups (broad SMARTS) is 1. The second-order valence-corrected chi connectivity index (χ2v) is 2.78. The minimum atomic E-state index is -0.935. The van der Waals surface area contributed by atoms with Crippen molar-refractivity contribution in [2.75, 3.05) is 13.6 Å². The fourth-order valence-corrected chi connectivity index (χ4v) is 0.896. The minimum absolute atomic E-state index is 0.0759. The van der Waals surface area contributed by atoms with Gasteiger partial charge in [-0.15, -0.1) is 0 Å². The molecule has 1 aromatic heterocycles. The van der Waals surface area contributed by atoms with Gasteiger partial charge in [-0.1, -0.05) is 5.16 Å². The molecule has 0 aliphatic heterocycles. The van der Waals surface area contributed by atoms with E-state index >= 15 is 0 Å². The Bertz CT molecular complexity index is 320. The third kappa shape index (κ3) is 2.58. The molecule has 1 amide bonds. The number of carbonyl (C=O) groups excluding carboxylic acids is 1. The Labute approximate surface area is 80.1 Å². The van der Waals surface area contributed by atoms with Crippen LogP contribution in [0.2, 0.25) is 0 Å². The summed E-state index contributed by atoms with van der Waals surface area (Å²) in [5, 5.41) is 11.8. The summed E-state index contributed by atoms with van der Waals surface area (Å²) in [6.07, 6.45) is 2.44. The molecule has 0 aliphatic carbocycles. The van der Waals surface area contributed by atoms with Gasteiger partial charge >= 0.3 is 5.97 Å². The van der Waals surface area contributed by atoms with Crippen LogP contribution in [0, 0.1) is 0 Å². The maximum Gasteiger partial charge on any atom is 0.305 e. The molecule has 0 bridgehead atoms. The topological polar surface area (TPSA) is 83.6 Å². The number of rotatable bonds is 4. The molecule has 0 aromatic carbocycles. The van der Waals surface area contributed by atoms with E-state index in [-0.39, 0.29) is 18.9 Å². The van der Waals surface area contributed by atoms with Crippen LogP contribution < -0.4 is 0 Å². The second-order valence-electron chi connectivity index (χ2n) is 2.78. The minimum Gasteiger partial charge on any atom is -0.481 e. The molecule has 0 unspecified atom stereocenters. The van der Waals surface area contributed by atoms with Crippen LogP contribution in [-0.4, -0.2) is 40.6 Å². The zero-order valence-electron chi connectivity index (χ0n) is 7.64. The quantitative estimate of drug-likeness (QED) is 0.748. The number of carbonyl (C=O) groups is 2. The monoisotopic (exact) mass is 198 g/mol. The molecule has 0 radical (unpaired) electrons. The molecule has 6 heteroatoms. The highest BCUT2D eigenvalue weighted by Crippen LogP contribution is 2.02. The molecule has 14 heavy (non-hydrogen) atoms. The van der Waals surface area contributed by atoms with Gasteiger partial charge in [-0.25, -0.2) is 0 Å². The summed E-state index contributed by atoms with van der Waals surface area (Å²) in [5.41, 5.74) is 0.317. The SMILES string of the molecule is CN(CCC(=O)O)C(=O)c1cnoc1. The van der Waals surface area contributed by atoms with Crippen LogP contribution in [0.15, 0.2) is 17.0 Å². The molecule has 1 N–H and O–H groups in total. The maximum atomic E-state index is 11.5. The van der Waals surface area contributed by atoms with E-state index in [0.717, 1.165) is 0 Å². The van der Waals surface area contributed by atoms with Crippen LogP contribution >= 0.6 is 0 Å². The van der Waals surface area contributed by atoms with E-state index in [1.165, 1.54) is 24.4 Å². The number of hydrogen-bond acceptors (Lipinski definition) is 4. The van der Waals surface area contributed by atoms with Crippen LogP contribution in [0.25, 0.3) is 0 Å². The van der Waals surface area contributed by atoms with Gasteiger partial charge in [0.2, 0.25) is 0 Å². The average molecular weight is 198 g/mol. The molecule has 1 rings (SSSR count). The van der Waals surface area contributed by atoms with E-state index < -0.39 is 5.97 Å². The van der Waals surface area contributed by atoms with Gasteiger partial charge in [-0.2, -0.15) is 0 Å². The van der Waals surface area contributed by atoms with Gasteiger partial charge in [0.25, 0.3) is 5.91 Å². The molecule has 1 aromatic rings. The number of hydrogen-bond donors (Lipinski definition) is 1. The van der Waals surface area contributed by atoms with Gasteiger partial charge in [0.1, 0.15) is 6.26 Å². The fourth-order valence-electron chi connectivity index (χ4n) is 0.896. The lowest BCUT2D eigenvalue weighted by Gasteiger charge is -2.13. The average Bonchev–Trinajstić information content (AvgIpc) is 2.65. The zero-order chi connectivity index (χ0) is 10.6. The van der Waals surface area contributed by atoms with Gasteiger partial charge in [-0.3, -0.25) is 9.59 Å². The summed E-state index contributed by atoms with van der Waals surface area (Å²) in [6.45, 7) is 0.166. The third-order valence-corrected chi connectivity index (χ3v) is 1.69. The maximum absolute atomic E-state index is 11.5. The van der Waals surface area contributed by atoms with Crippen molar-refractivity contribution in [3.05, 3.63) is 18.0 Å². The van der Waals surface area contributed by atoms with Crippen molar-refractivity contribution in [3.63, 3.8) is 0 Å². The van der Waals surface area contributed by atoms with Gasteiger partial charge in [0.05, 0.1) is 18.2 Å². The van der Waals surface area contributed by atoms with Crippen LogP contribution in [0.5, 0.6) is 0 Å². The van der Waals surface area contributed by atoms with Crippen LogP contribution in [0.3, 0.4) is 0 Å². The summed E-state index contributed by atoms with van der Waals surface area (Å²) in [6, 6.07) is 0. The second kappa shape index (κ2) is 4.40. The molecule has 0 atom stereocenters. The molecule has 0 spiro atoms. The smallest absolute Gasteiger partial charge is 0.305 e. The first-order chi connectivity index (χ1) is 6.61. The fraction of sp³-hybridized carbons (Fsp3) is 0.375. The highest BCUT2D eigenvalue weighted by Gasteiger charge is 2.13. The van der Waals surface area contributed by atoms with E-state index in [1.807, 2.05) is 0 Å². The number of aliphatic carboxylic acids is 1. The Balaban J connectivity index is 2.49. The number of nitrogens with zero attached hydrogens (tertiary/aromatic N) is 2. The van der Waals surface area contributed by atoms with E-state index in [0.29, 0.717) is 5.56 Å². The van der Waals surface area contributed by atoms with Crippen LogP contribution in [0.4, 0.5) is 0 Å². The Morgan fingerprint density at radius 1 is 1.64 bits per heavy atom. The van der Waals surface area contributed by atoms with E-state index in [4.69, 9.17) is 5.11 Å². The Morgan fingerprint density at radius 3 is 2.86 bits per heavy atom. The Morgan fingerprint density at radius 2 is 2.36 bits per heavy atom. The Hall–Kier alpha value is -1.85. The lowest BCUT2D eigenvalue weighted by molar-refractivity contribution is -0.137. The van der Waals surface area contributed by atoms with Crippen molar-refractivity contribution >= 4 is 11.9 Å². The lowest BCUT2D eigenvalue weighted by atomic mass is 10.3. The van der Waals surface area contributed by atoms with Crippen molar-refractivity contribution in [2.45, 2.75) is 6.42 Å². The Kier molecular flexibility index (Phi) is 3.22. The summed E-state index contributed by atoms with van der Waals surface area (Å²) < 4.78 is 4.50. The summed E-state index contributed by atoms with van der Waals surface area (Å²) >= 11 is 0. The van der Waals surface area contributed by atoms with Crippen molar-refractivity contribution in [2.24, 2.45) is 0 Å². The number of carboxylic acids is 1. The molecular formula is C8H10N2O4. The molecule has 0 fully saturated rings. The zero-order valence-corrected chi connectivity index (χ0v) is 7.64. The van der Waals surface area contributed by atoms with Gasteiger partial charge in [0.15, 0.2) is 0 Å². The predicted octanol–water partition coefficient (Wildman–Crippen LogP) is 0.221. The molecular weight excluding hydrogens is 188 g/mol. The van der Waals surface area contributed by atoms with Crippen molar-refractivity contribution in [1.82, 2.24) is 10.1 Å². The molecule has 6 nitrogen and oxygen atoms in total.